The molecule has 0 unspecified atom stereocenters. The molecule has 0 aromatic heterocycles. The van der Waals surface area contributed by atoms with Crippen molar-refractivity contribution >= 4 is 23.9 Å². The number of hydrogen-bond acceptors (Lipinski definition) is 9. The quantitative estimate of drug-likeness (QED) is 0.138. The maximum absolute atomic E-state index is 13.6. The molecule has 0 saturated carbocycles. The SMILES string of the molecule is O=C(O[C@H](C(=O)O[C@@H](CNCc1ccccc1)COCc1ccccc1)[C@@H](OC(=O)c1ccccc1)C(=O)O)c1ccccc1. The molecule has 4 rings (SSSR count). The fourth-order valence-corrected chi connectivity index (χ4v) is 4.21. The van der Waals surface area contributed by atoms with Crippen LogP contribution in [0.1, 0.15) is 31.8 Å². The van der Waals surface area contributed by atoms with Crippen LogP contribution in [-0.2, 0) is 41.7 Å². The molecular weight excluding hydrogens is 578 g/mol. The highest BCUT2D eigenvalue weighted by Crippen LogP contribution is 2.16. The van der Waals surface area contributed by atoms with Crippen molar-refractivity contribution in [1.29, 1.82) is 0 Å². The zero-order chi connectivity index (χ0) is 31.9. The molecule has 3 atom stereocenters. The first-order chi connectivity index (χ1) is 21.9. The Hall–Kier alpha value is -5.32. The number of carbonyl (C=O) groups excluding carboxylic acids is 3. The third-order valence-corrected chi connectivity index (χ3v) is 6.48. The summed E-state index contributed by atoms with van der Waals surface area (Å²) in [5.41, 5.74) is 1.98. The van der Waals surface area contributed by atoms with Gasteiger partial charge >= 0.3 is 23.9 Å². The van der Waals surface area contributed by atoms with E-state index in [2.05, 4.69) is 5.32 Å². The van der Waals surface area contributed by atoms with E-state index in [-0.39, 0.29) is 30.9 Å². The molecule has 0 aliphatic heterocycles. The highest BCUT2D eigenvalue weighted by molar-refractivity contribution is 5.95. The van der Waals surface area contributed by atoms with Gasteiger partial charge < -0.3 is 29.4 Å². The van der Waals surface area contributed by atoms with Crippen LogP contribution in [0.4, 0.5) is 0 Å². The summed E-state index contributed by atoms with van der Waals surface area (Å²) in [6.45, 7) is 0.735. The Bertz CT molecular complexity index is 1470. The summed E-state index contributed by atoms with van der Waals surface area (Å²) in [5, 5.41) is 13.2. The Kier molecular flexibility index (Phi) is 12.4. The van der Waals surface area contributed by atoms with E-state index in [1.807, 2.05) is 60.7 Å². The summed E-state index contributed by atoms with van der Waals surface area (Å²) in [7, 11) is 0. The van der Waals surface area contributed by atoms with Crippen LogP contribution in [-0.4, -0.2) is 60.4 Å². The molecule has 45 heavy (non-hydrogen) atoms. The Labute approximate surface area is 260 Å². The lowest BCUT2D eigenvalue weighted by atomic mass is 10.1. The first-order valence-electron chi connectivity index (χ1n) is 14.2. The predicted octanol–water partition coefficient (Wildman–Crippen LogP) is 4.44. The first kappa shape index (κ1) is 32.6. The maximum Gasteiger partial charge on any atom is 0.352 e. The van der Waals surface area contributed by atoms with Gasteiger partial charge in [0.15, 0.2) is 0 Å². The van der Waals surface area contributed by atoms with Crippen molar-refractivity contribution in [2.24, 2.45) is 0 Å². The van der Waals surface area contributed by atoms with E-state index in [9.17, 15) is 24.3 Å². The van der Waals surface area contributed by atoms with E-state index in [1.165, 1.54) is 24.3 Å². The topological polar surface area (TPSA) is 137 Å². The number of esters is 3. The molecule has 4 aromatic rings. The number of carboxylic acids is 1. The summed E-state index contributed by atoms with van der Waals surface area (Å²) in [6, 6.07) is 34.2. The summed E-state index contributed by atoms with van der Waals surface area (Å²) >= 11 is 0. The van der Waals surface area contributed by atoms with Gasteiger partial charge in [-0.2, -0.15) is 0 Å². The molecule has 0 fully saturated rings. The molecule has 0 spiro atoms. The zero-order valence-electron chi connectivity index (χ0n) is 24.3. The van der Waals surface area contributed by atoms with E-state index < -0.39 is 42.2 Å². The molecule has 0 heterocycles. The lowest BCUT2D eigenvalue weighted by Crippen LogP contribution is -2.48. The summed E-state index contributed by atoms with van der Waals surface area (Å²) in [5.74, 6) is -4.95. The van der Waals surface area contributed by atoms with Crippen molar-refractivity contribution in [2.45, 2.75) is 31.5 Å². The van der Waals surface area contributed by atoms with Crippen LogP contribution in [0.5, 0.6) is 0 Å². The lowest BCUT2D eigenvalue weighted by molar-refractivity contribution is -0.176. The van der Waals surface area contributed by atoms with Crippen LogP contribution in [0.2, 0.25) is 0 Å². The number of rotatable bonds is 16. The Morgan fingerprint density at radius 3 is 1.58 bits per heavy atom. The summed E-state index contributed by atoms with van der Waals surface area (Å²) in [4.78, 5) is 51.8. The van der Waals surface area contributed by atoms with Gasteiger partial charge in [0.05, 0.1) is 24.3 Å². The molecule has 0 aliphatic carbocycles. The minimum absolute atomic E-state index is 0.0440. The van der Waals surface area contributed by atoms with Gasteiger partial charge in [-0.15, -0.1) is 0 Å². The third kappa shape index (κ3) is 10.4. The van der Waals surface area contributed by atoms with Crippen LogP contribution in [0.15, 0.2) is 121 Å². The largest absolute Gasteiger partial charge is 0.478 e. The second-order valence-electron chi connectivity index (χ2n) is 9.90. The number of carboxylic acid groups (broad SMARTS) is 1. The fraction of sp³-hybridized carbons (Fsp3) is 0.200. The average Bonchev–Trinajstić information content (AvgIpc) is 3.07. The molecule has 10 nitrogen and oxygen atoms in total. The van der Waals surface area contributed by atoms with Crippen LogP contribution < -0.4 is 5.32 Å². The second kappa shape index (κ2) is 17.1. The van der Waals surface area contributed by atoms with Gasteiger partial charge in [0, 0.05) is 13.1 Å². The number of carbonyl (C=O) groups is 4. The van der Waals surface area contributed by atoms with E-state index >= 15 is 0 Å². The third-order valence-electron chi connectivity index (χ3n) is 6.48. The Morgan fingerprint density at radius 1 is 0.600 bits per heavy atom. The smallest absolute Gasteiger partial charge is 0.352 e. The van der Waals surface area contributed by atoms with E-state index in [0.29, 0.717) is 6.54 Å². The molecule has 0 amide bonds. The van der Waals surface area contributed by atoms with Crippen LogP contribution in [0.25, 0.3) is 0 Å². The van der Waals surface area contributed by atoms with Gasteiger partial charge in [0.1, 0.15) is 6.10 Å². The van der Waals surface area contributed by atoms with Crippen LogP contribution in [0.3, 0.4) is 0 Å². The van der Waals surface area contributed by atoms with E-state index in [1.54, 1.807) is 36.4 Å². The van der Waals surface area contributed by atoms with E-state index in [4.69, 9.17) is 18.9 Å². The fourth-order valence-electron chi connectivity index (χ4n) is 4.21. The van der Waals surface area contributed by atoms with Gasteiger partial charge in [-0.1, -0.05) is 97.1 Å². The number of nitrogens with one attached hydrogen (secondary N) is 1. The number of ether oxygens (including phenoxy) is 4. The average molecular weight is 612 g/mol. The highest BCUT2D eigenvalue weighted by atomic mass is 16.6. The van der Waals surface area contributed by atoms with Crippen molar-refractivity contribution in [3.63, 3.8) is 0 Å². The first-order valence-corrected chi connectivity index (χ1v) is 14.2. The Balaban J connectivity index is 1.53. The van der Waals surface area contributed by atoms with Crippen molar-refractivity contribution in [2.75, 3.05) is 13.2 Å². The van der Waals surface area contributed by atoms with Crippen molar-refractivity contribution in [3.8, 4) is 0 Å². The predicted molar refractivity (Wildman–Crippen MR) is 163 cm³/mol. The molecule has 0 radical (unpaired) electrons. The normalized spacial score (nSPS) is 12.7. The number of aliphatic carboxylic acids is 1. The van der Waals surface area contributed by atoms with Crippen molar-refractivity contribution < 1.29 is 43.2 Å². The van der Waals surface area contributed by atoms with Gasteiger partial charge in [-0.3, -0.25) is 0 Å². The maximum atomic E-state index is 13.6. The molecule has 2 N–H and O–H groups in total. The molecule has 0 saturated heterocycles. The van der Waals surface area contributed by atoms with Gasteiger partial charge in [0.2, 0.25) is 12.2 Å². The summed E-state index contributed by atoms with van der Waals surface area (Å²) < 4.78 is 22.1. The molecule has 0 bridgehead atoms. The lowest BCUT2D eigenvalue weighted by Gasteiger charge is -2.26. The molecule has 0 aliphatic rings. The molecule has 10 heteroatoms. The van der Waals surface area contributed by atoms with Crippen molar-refractivity contribution in [1.82, 2.24) is 5.32 Å². The Morgan fingerprint density at radius 2 is 1.07 bits per heavy atom. The van der Waals surface area contributed by atoms with Crippen LogP contribution in [0, 0.1) is 0 Å². The monoisotopic (exact) mass is 611 g/mol. The van der Waals surface area contributed by atoms with Crippen LogP contribution >= 0.6 is 0 Å². The zero-order valence-corrected chi connectivity index (χ0v) is 24.3. The van der Waals surface area contributed by atoms with Gasteiger partial charge in [0.25, 0.3) is 0 Å². The van der Waals surface area contributed by atoms with Crippen molar-refractivity contribution in [3.05, 3.63) is 144 Å². The minimum atomic E-state index is -2.21. The van der Waals surface area contributed by atoms with E-state index in [0.717, 1.165) is 11.1 Å². The molecular formula is C35H33NO9. The highest BCUT2D eigenvalue weighted by Gasteiger charge is 2.43. The molecule has 4 aromatic carbocycles. The van der Waals surface area contributed by atoms with Gasteiger partial charge in [-0.25, -0.2) is 19.2 Å². The standard InChI is InChI=1S/C35H33NO9/c37-32(38)30(44-33(39)27-17-9-3-10-18-27)31(45-34(40)28-19-11-4-12-20-28)35(41)43-29(22-36-21-25-13-5-1-6-14-25)24-42-23-26-15-7-2-8-16-26/h1-20,29-31,36H,21-24H2,(H,37,38)/t29-,30+,31-/m0/s1. The number of hydrogen-bond donors (Lipinski definition) is 2. The van der Waals surface area contributed by atoms with Gasteiger partial charge in [-0.05, 0) is 35.4 Å². The minimum Gasteiger partial charge on any atom is -0.478 e. The molecule has 232 valence electrons. The summed E-state index contributed by atoms with van der Waals surface area (Å²) in [6.07, 6.45) is -5.27. The second-order valence-corrected chi connectivity index (χ2v) is 9.90. The number of benzene rings is 4.